The first kappa shape index (κ1) is 25.6. The van der Waals surface area contributed by atoms with Crippen molar-refractivity contribution in [1.29, 1.82) is 0 Å². The van der Waals surface area contributed by atoms with Gasteiger partial charge in [-0.2, -0.15) is 21.9 Å². The minimum Gasteiger partial charge on any atom is -0.507 e. The first-order valence-corrected chi connectivity index (χ1v) is 10.8. The minimum atomic E-state index is -5.03. The van der Waals surface area contributed by atoms with Crippen LogP contribution in [0.5, 0.6) is 11.5 Å². The average Bonchev–Trinajstić information content (AvgIpc) is 2.65. The van der Waals surface area contributed by atoms with Crippen LogP contribution in [-0.4, -0.2) is 41.1 Å². The van der Waals surface area contributed by atoms with E-state index in [9.17, 15) is 41.7 Å². The third kappa shape index (κ3) is 5.21. The summed E-state index contributed by atoms with van der Waals surface area (Å²) >= 11 is 0. The summed E-state index contributed by atoms with van der Waals surface area (Å²) in [6.45, 7) is 0. The van der Waals surface area contributed by atoms with E-state index in [0.717, 1.165) is 18.2 Å². The van der Waals surface area contributed by atoms with Gasteiger partial charge in [0.2, 0.25) is 0 Å². The topological polar surface area (TPSA) is 217 Å². The molecule has 0 atom stereocenters. The molecule has 0 aromatic heterocycles. The number of azo groups is 1. The molecule has 0 saturated heterocycles. The largest absolute Gasteiger partial charge is 1.00 e. The van der Waals surface area contributed by atoms with Crippen LogP contribution in [0.2, 0.25) is 0 Å². The number of nitro groups is 1. The summed E-state index contributed by atoms with van der Waals surface area (Å²) in [6, 6.07) is 6.65. The Kier molecular flexibility index (Phi) is 7.25. The molecule has 4 N–H and O–H groups in total. The van der Waals surface area contributed by atoms with Crippen molar-refractivity contribution in [3.8, 4) is 11.5 Å². The van der Waals surface area contributed by atoms with Gasteiger partial charge in [0.05, 0.1) is 20.9 Å². The van der Waals surface area contributed by atoms with E-state index in [1.165, 1.54) is 12.1 Å². The van der Waals surface area contributed by atoms with Crippen LogP contribution in [0.3, 0.4) is 0 Å². The van der Waals surface area contributed by atoms with Crippen molar-refractivity contribution in [2.24, 2.45) is 10.2 Å². The van der Waals surface area contributed by atoms with Crippen molar-refractivity contribution in [1.82, 2.24) is 0 Å². The molecule has 0 amide bonds. The van der Waals surface area contributed by atoms with Gasteiger partial charge in [-0.15, -0.1) is 5.11 Å². The number of phenolic OH excluding ortho intramolecular Hbond substituents is 2. The van der Waals surface area contributed by atoms with Crippen molar-refractivity contribution in [2.75, 3.05) is 0 Å². The molecule has 3 aromatic rings. The van der Waals surface area contributed by atoms with E-state index in [1.807, 2.05) is 0 Å². The molecular weight excluding hydrogens is 481 g/mol. The molecule has 3 rings (SSSR count). The second kappa shape index (κ2) is 9.07. The number of hydrogen-bond acceptors (Lipinski definition) is 10. The third-order valence-corrected chi connectivity index (χ3v) is 5.70. The van der Waals surface area contributed by atoms with E-state index in [1.54, 1.807) is 0 Å². The number of nitro benzene ring substituents is 1. The van der Waals surface area contributed by atoms with Gasteiger partial charge in [-0.1, -0.05) is 0 Å². The standard InChI is InChI=1S/C16H11N3O10S2.Na/c20-12-7-11(30(24,25)26)5-8-6-13(31(27,28)29)15(16(21)14(8)12)18-17-9-1-3-10(4-2-9)19(22)23;/h1-7,20-21H,(H,24,25,26)(H,27,28,29);/q;+1. The van der Waals surface area contributed by atoms with Gasteiger partial charge in [0.15, 0.2) is 5.75 Å². The molecule has 0 aliphatic rings. The van der Waals surface area contributed by atoms with Gasteiger partial charge in [0.25, 0.3) is 25.9 Å². The van der Waals surface area contributed by atoms with E-state index in [0.29, 0.717) is 12.1 Å². The van der Waals surface area contributed by atoms with Crippen LogP contribution >= 0.6 is 0 Å². The Morgan fingerprint density at radius 3 is 1.97 bits per heavy atom. The van der Waals surface area contributed by atoms with E-state index in [-0.39, 0.29) is 46.3 Å². The van der Waals surface area contributed by atoms with Gasteiger partial charge in [0, 0.05) is 18.2 Å². The number of rotatable bonds is 5. The fourth-order valence-electron chi connectivity index (χ4n) is 2.63. The minimum absolute atomic E-state index is 0. The van der Waals surface area contributed by atoms with Gasteiger partial charge >= 0.3 is 29.6 Å². The fourth-order valence-corrected chi connectivity index (χ4v) is 3.82. The summed E-state index contributed by atoms with van der Waals surface area (Å²) in [5.41, 5.74) is -1.01. The maximum Gasteiger partial charge on any atom is 1.00 e. The Morgan fingerprint density at radius 1 is 0.875 bits per heavy atom. The predicted molar refractivity (Wildman–Crippen MR) is 104 cm³/mol. The van der Waals surface area contributed by atoms with Crippen LogP contribution in [0.25, 0.3) is 10.8 Å². The monoisotopic (exact) mass is 492 g/mol. The van der Waals surface area contributed by atoms with Gasteiger partial charge in [-0.3, -0.25) is 19.2 Å². The van der Waals surface area contributed by atoms with Gasteiger partial charge in [-0.05, 0) is 29.7 Å². The molecule has 0 aliphatic carbocycles. The second-order valence-electron chi connectivity index (χ2n) is 6.04. The number of nitrogens with zero attached hydrogens (tertiary/aromatic N) is 3. The van der Waals surface area contributed by atoms with Crippen LogP contribution in [0.4, 0.5) is 17.1 Å². The SMILES string of the molecule is O=[N+]([O-])c1ccc(N=Nc2c(S(=O)(=O)O)cc3cc(S(=O)(=O)O)cc(O)c3c2O)cc1.[Na+]. The zero-order valence-electron chi connectivity index (χ0n) is 15.9. The number of phenols is 2. The first-order valence-electron chi connectivity index (χ1n) is 7.93. The number of aromatic hydroxyl groups is 2. The average molecular weight is 492 g/mol. The summed E-state index contributed by atoms with van der Waals surface area (Å²) < 4.78 is 64.9. The van der Waals surface area contributed by atoms with Crippen LogP contribution in [0, 0.1) is 10.1 Å². The molecule has 0 saturated carbocycles. The molecule has 0 spiro atoms. The molecule has 3 aromatic carbocycles. The summed E-state index contributed by atoms with van der Waals surface area (Å²) in [7, 11) is -9.82. The molecule has 0 heterocycles. The van der Waals surface area contributed by atoms with E-state index in [4.69, 9.17) is 4.55 Å². The van der Waals surface area contributed by atoms with Crippen LogP contribution < -0.4 is 29.6 Å². The van der Waals surface area contributed by atoms with Gasteiger partial charge in [0.1, 0.15) is 16.3 Å². The van der Waals surface area contributed by atoms with Gasteiger partial charge < -0.3 is 10.2 Å². The van der Waals surface area contributed by atoms with Crippen LogP contribution in [0.1, 0.15) is 0 Å². The first-order chi connectivity index (χ1) is 14.3. The zero-order valence-corrected chi connectivity index (χ0v) is 19.6. The maximum absolute atomic E-state index is 11.8. The number of hydrogen-bond donors (Lipinski definition) is 4. The zero-order chi connectivity index (χ0) is 23.1. The predicted octanol–water partition coefficient (Wildman–Crippen LogP) is 0.0720. The summed E-state index contributed by atoms with van der Waals surface area (Å²) in [5, 5.41) is 37.7. The molecule has 13 nitrogen and oxygen atoms in total. The number of fused-ring (bicyclic) bond motifs is 1. The van der Waals surface area contributed by atoms with Crippen LogP contribution in [-0.2, 0) is 20.2 Å². The molecule has 0 bridgehead atoms. The summed E-state index contributed by atoms with van der Waals surface area (Å²) in [4.78, 5) is 8.25. The summed E-state index contributed by atoms with van der Waals surface area (Å²) in [5.74, 6) is -1.80. The van der Waals surface area contributed by atoms with Crippen molar-refractivity contribution in [2.45, 2.75) is 9.79 Å². The van der Waals surface area contributed by atoms with Gasteiger partial charge in [-0.25, -0.2) is 0 Å². The quantitative estimate of drug-likeness (QED) is 0.123. The smallest absolute Gasteiger partial charge is 0.507 e. The van der Waals surface area contributed by atoms with Crippen molar-refractivity contribution < 1.29 is 70.6 Å². The molecule has 0 radical (unpaired) electrons. The molecule has 162 valence electrons. The van der Waals surface area contributed by atoms with Crippen molar-refractivity contribution >= 4 is 48.1 Å². The summed E-state index contributed by atoms with van der Waals surface area (Å²) in [6.07, 6.45) is 0. The molecule has 0 unspecified atom stereocenters. The number of non-ortho nitro benzene ring substituents is 1. The Morgan fingerprint density at radius 2 is 1.47 bits per heavy atom. The second-order valence-corrected chi connectivity index (χ2v) is 8.85. The molecule has 0 fully saturated rings. The maximum atomic E-state index is 11.8. The normalized spacial score (nSPS) is 12.1. The molecule has 0 aliphatic heterocycles. The fraction of sp³-hybridized carbons (Fsp3) is 0. The van der Waals surface area contributed by atoms with Crippen molar-refractivity contribution in [3.63, 3.8) is 0 Å². The molecule has 32 heavy (non-hydrogen) atoms. The third-order valence-electron chi connectivity index (χ3n) is 4.00. The Bertz CT molecular complexity index is 1470. The van der Waals surface area contributed by atoms with Crippen LogP contribution in [0.15, 0.2) is 62.5 Å². The number of benzene rings is 3. The Labute approximate surface area is 202 Å². The molecular formula is C16H11N3NaO10S2+. The Balaban J connectivity index is 0.00000363. The van der Waals surface area contributed by atoms with E-state index < -0.39 is 57.5 Å². The van der Waals surface area contributed by atoms with Crippen molar-refractivity contribution in [3.05, 3.63) is 52.6 Å². The Hall–Kier alpha value is -2.66. The molecule has 16 heteroatoms. The van der Waals surface area contributed by atoms with E-state index >= 15 is 0 Å². The van der Waals surface area contributed by atoms with E-state index in [2.05, 4.69) is 10.2 Å².